The van der Waals surface area contributed by atoms with Crippen molar-refractivity contribution >= 4 is 34.7 Å². The summed E-state index contributed by atoms with van der Waals surface area (Å²) in [4.78, 5) is 0. The van der Waals surface area contributed by atoms with Crippen LogP contribution in [0.5, 0.6) is 0 Å². The summed E-state index contributed by atoms with van der Waals surface area (Å²) in [5, 5.41) is 7.57. The van der Waals surface area contributed by atoms with Crippen molar-refractivity contribution < 1.29 is 0 Å². The second-order valence-corrected chi connectivity index (χ2v) is 3.92. The minimum Gasteiger partial charge on any atom is -0.376 e. The standard InChI is InChI=1S/C10H9ClN4S/c11-8-6-13-15(9(8)14-10(12)16)7-4-2-1-3-5-7/h1-6H,(H3,12,14,16). The van der Waals surface area contributed by atoms with Crippen molar-refractivity contribution in [1.82, 2.24) is 9.78 Å². The highest BCUT2D eigenvalue weighted by Gasteiger charge is 2.10. The molecule has 1 heterocycles. The zero-order valence-corrected chi connectivity index (χ0v) is 9.79. The van der Waals surface area contributed by atoms with Gasteiger partial charge in [-0.05, 0) is 24.4 Å². The summed E-state index contributed by atoms with van der Waals surface area (Å²) in [5.41, 5.74) is 6.30. The molecule has 1 aromatic heterocycles. The second-order valence-electron chi connectivity index (χ2n) is 3.08. The Labute approximate surface area is 103 Å². The molecule has 82 valence electrons. The topological polar surface area (TPSA) is 55.9 Å². The molecule has 0 aliphatic carbocycles. The molecule has 2 aromatic rings. The van der Waals surface area contributed by atoms with E-state index in [0.29, 0.717) is 10.8 Å². The first-order valence-electron chi connectivity index (χ1n) is 4.54. The molecule has 0 fully saturated rings. The molecule has 0 unspecified atom stereocenters. The van der Waals surface area contributed by atoms with Crippen LogP contribution in [0.3, 0.4) is 0 Å². The van der Waals surface area contributed by atoms with Crippen molar-refractivity contribution in [1.29, 1.82) is 0 Å². The Morgan fingerprint density at radius 2 is 2.06 bits per heavy atom. The van der Waals surface area contributed by atoms with Crippen LogP contribution in [0.1, 0.15) is 0 Å². The Morgan fingerprint density at radius 1 is 1.38 bits per heavy atom. The number of nitrogens with zero attached hydrogens (tertiary/aromatic N) is 2. The van der Waals surface area contributed by atoms with Crippen molar-refractivity contribution in [2.45, 2.75) is 0 Å². The molecule has 0 saturated carbocycles. The summed E-state index contributed by atoms with van der Waals surface area (Å²) < 4.78 is 1.64. The third-order valence-corrected chi connectivity index (χ3v) is 2.35. The highest BCUT2D eigenvalue weighted by atomic mass is 35.5. The number of halogens is 1. The number of hydrogen-bond donors (Lipinski definition) is 2. The van der Waals surface area contributed by atoms with Crippen LogP contribution in [-0.4, -0.2) is 14.9 Å². The van der Waals surface area contributed by atoms with Gasteiger partial charge in [0.2, 0.25) is 0 Å². The molecule has 4 nitrogen and oxygen atoms in total. The van der Waals surface area contributed by atoms with Crippen molar-refractivity contribution in [2.75, 3.05) is 5.32 Å². The number of nitrogens with one attached hydrogen (secondary N) is 1. The molecule has 3 N–H and O–H groups in total. The monoisotopic (exact) mass is 252 g/mol. The Balaban J connectivity index is 2.46. The quantitative estimate of drug-likeness (QED) is 0.805. The maximum Gasteiger partial charge on any atom is 0.169 e. The summed E-state index contributed by atoms with van der Waals surface area (Å²) in [5.74, 6) is 0.570. The predicted octanol–water partition coefficient (Wildman–Crippen LogP) is 2.18. The number of hydrogen-bond acceptors (Lipinski definition) is 2. The van der Waals surface area contributed by atoms with E-state index in [0.717, 1.165) is 5.69 Å². The molecule has 1 aromatic carbocycles. The van der Waals surface area contributed by atoms with Crippen LogP contribution in [0.2, 0.25) is 5.02 Å². The molecule has 6 heteroatoms. The van der Waals surface area contributed by atoms with E-state index in [2.05, 4.69) is 10.4 Å². The van der Waals surface area contributed by atoms with Gasteiger partial charge in [0.1, 0.15) is 5.02 Å². The van der Waals surface area contributed by atoms with E-state index < -0.39 is 0 Å². The van der Waals surface area contributed by atoms with Crippen molar-refractivity contribution in [3.63, 3.8) is 0 Å². The van der Waals surface area contributed by atoms with Crippen LogP contribution < -0.4 is 11.1 Å². The van der Waals surface area contributed by atoms with E-state index in [9.17, 15) is 0 Å². The number of rotatable bonds is 2. The summed E-state index contributed by atoms with van der Waals surface area (Å²) in [7, 11) is 0. The molecular weight excluding hydrogens is 244 g/mol. The molecule has 2 rings (SSSR count). The first-order valence-corrected chi connectivity index (χ1v) is 5.32. The van der Waals surface area contributed by atoms with Gasteiger partial charge in [-0.1, -0.05) is 29.8 Å². The van der Waals surface area contributed by atoms with Crippen LogP contribution in [0.15, 0.2) is 36.5 Å². The van der Waals surface area contributed by atoms with Gasteiger partial charge in [-0.2, -0.15) is 5.10 Å². The van der Waals surface area contributed by atoms with Crippen molar-refractivity contribution in [3.05, 3.63) is 41.6 Å². The van der Waals surface area contributed by atoms with Crippen LogP contribution in [0.4, 0.5) is 5.82 Å². The van der Waals surface area contributed by atoms with Gasteiger partial charge in [0.25, 0.3) is 0 Å². The van der Waals surface area contributed by atoms with E-state index >= 15 is 0 Å². The molecule has 0 saturated heterocycles. The lowest BCUT2D eigenvalue weighted by molar-refractivity contribution is 0.889. The first-order chi connectivity index (χ1) is 7.68. The Morgan fingerprint density at radius 3 is 2.69 bits per heavy atom. The highest BCUT2D eigenvalue weighted by molar-refractivity contribution is 7.80. The fourth-order valence-corrected chi connectivity index (χ4v) is 1.59. The zero-order valence-electron chi connectivity index (χ0n) is 8.22. The first kappa shape index (κ1) is 10.9. The van der Waals surface area contributed by atoms with Crippen LogP contribution in [0, 0.1) is 0 Å². The number of nitrogens with two attached hydrogens (primary N) is 1. The number of benzene rings is 1. The van der Waals surface area contributed by atoms with E-state index in [1.54, 1.807) is 4.68 Å². The average molecular weight is 253 g/mol. The Kier molecular flexibility index (Phi) is 3.07. The molecule has 0 radical (unpaired) electrons. The number of anilines is 1. The van der Waals surface area contributed by atoms with E-state index in [4.69, 9.17) is 29.6 Å². The van der Waals surface area contributed by atoms with Crippen molar-refractivity contribution in [3.8, 4) is 5.69 Å². The zero-order chi connectivity index (χ0) is 11.5. The maximum atomic E-state index is 5.98. The number of aromatic nitrogens is 2. The van der Waals surface area contributed by atoms with Crippen LogP contribution in [-0.2, 0) is 0 Å². The van der Waals surface area contributed by atoms with Gasteiger partial charge in [-0.15, -0.1) is 0 Å². The lowest BCUT2D eigenvalue weighted by Crippen LogP contribution is -2.21. The van der Waals surface area contributed by atoms with E-state index in [1.165, 1.54) is 6.20 Å². The summed E-state index contributed by atoms with van der Waals surface area (Å²) in [6.07, 6.45) is 1.54. The molecular formula is C10H9ClN4S. The SMILES string of the molecule is NC(=S)Nc1c(Cl)cnn1-c1ccccc1. The summed E-state index contributed by atoms with van der Waals surface area (Å²) >= 11 is 10.8. The lowest BCUT2D eigenvalue weighted by Gasteiger charge is -2.08. The summed E-state index contributed by atoms with van der Waals surface area (Å²) in [6.45, 7) is 0. The minimum atomic E-state index is 0.152. The largest absolute Gasteiger partial charge is 0.376 e. The fourth-order valence-electron chi connectivity index (χ4n) is 1.32. The number of thiocarbonyl (C=S) groups is 1. The van der Waals surface area contributed by atoms with Crippen LogP contribution in [0.25, 0.3) is 5.69 Å². The van der Waals surface area contributed by atoms with Gasteiger partial charge in [0.15, 0.2) is 10.9 Å². The van der Waals surface area contributed by atoms with Gasteiger partial charge in [-0.3, -0.25) is 0 Å². The van der Waals surface area contributed by atoms with Gasteiger partial charge in [-0.25, -0.2) is 4.68 Å². The van der Waals surface area contributed by atoms with Gasteiger partial charge in [0.05, 0.1) is 11.9 Å². The smallest absolute Gasteiger partial charge is 0.169 e. The fraction of sp³-hybridized carbons (Fsp3) is 0. The summed E-state index contributed by atoms with van der Waals surface area (Å²) in [6, 6.07) is 9.57. The van der Waals surface area contributed by atoms with E-state index in [-0.39, 0.29) is 5.11 Å². The minimum absolute atomic E-state index is 0.152. The third kappa shape index (κ3) is 2.15. The maximum absolute atomic E-state index is 5.98. The molecule has 0 amide bonds. The normalized spacial score (nSPS) is 10.1. The van der Waals surface area contributed by atoms with Gasteiger partial charge >= 0.3 is 0 Å². The van der Waals surface area contributed by atoms with E-state index in [1.807, 2.05) is 30.3 Å². The molecule has 0 aliphatic rings. The predicted molar refractivity (Wildman–Crippen MR) is 69.0 cm³/mol. The third-order valence-electron chi connectivity index (χ3n) is 1.97. The molecule has 16 heavy (non-hydrogen) atoms. The molecule has 0 spiro atoms. The Bertz CT molecular complexity index is 509. The Hall–Kier alpha value is -1.59. The van der Waals surface area contributed by atoms with Gasteiger partial charge < -0.3 is 11.1 Å². The van der Waals surface area contributed by atoms with Crippen molar-refractivity contribution in [2.24, 2.45) is 5.73 Å². The van der Waals surface area contributed by atoms with Crippen LogP contribution >= 0.6 is 23.8 Å². The number of para-hydroxylation sites is 1. The second kappa shape index (κ2) is 4.51. The van der Waals surface area contributed by atoms with Gasteiger partial charge in [0, 0.05) is 0 Å². The lowest BCUT2D eigenvalue weighted by atomic mass is 10.3. The highest BCUT2D eigenvalue weighted by Crippen LogP contribution is 2.24. The molecule has 0 bridgehead atoms. The molecule has 0 aliphatic heterocycles. The molecule has 0 atom stereocenters. The average Bonchev–Trinajstić information content (AvgIpc) is 2.61.